The number of aliphatic hydroxyl groups excluding tert-OH is 1. The molecular formula is C22H29N7O4. The molecule has 3 aromatic rings. The van der Waals surface area contributed by atoms with Gasteiger partial charge >= 0.3 is 0 Å². The van der Waals surface area contributed by atoms with Crippen LogP contribution in [0.3, 0.4) is 0 Å². The second kappa shape index (κ2) is 9.90. The highest BCUT2D eigenvalue weighted by molar-refractivity contribution is 5.79. The van der Waals surface area contributed by atoms with Gasteiger partial charge in [-0.15, -0.1) is 0 Å². The molecule has 3 aliphatic rings. The van der Waals surface area contributed by atoms with Crippen molar-refractivity contribution in [2.24, 2.45) is 7.05 Å². The van der Waals surface area contributed by atoms with Crippen molar-refractivity contribution >= 4 is 31.0 Å². The summed E-state index contributed by atoms with van der Waals surface area (Å²) >= 11 is 0. The van der Waals surface area contributed by atoms with E-state index in [0.29, 0.717) is 0 Å². The molecule has 176 valence electrons. The maximum Gasteiger partial charge on any atom is 0.248 e. The van der Waals surface area contributed by atoms with Crippen LogP contribution in [0, 0.1) is 6.92 Å². The molecular weight excluding hydrogens is 426 g/mol. The molecule has 3 fully saturated rings. The molecule has 11 nitrogen and oxygen atoms in total. The molecule has 1 unspecified atom stereocenters. The Morgan fingerprint density at radius 1 is 1.15 bits per heavy atom. The van der Waals surface area contributed by atoms with E-state index in [1.807, 2.05) is 55.7 Å². The fourth-order valence-electron chi connectivity index (χ4n) is 5.13. The van der Waals surface area contributed by atoms with E-state index in [9.17, 15) is 9.90 Å². The highest BCUT2D eigenvalue weighted by atomic mass is 16.3. The van der Waals surface area contributed by atoms with Gasteiger partial charge in [-0.2, -0.15) is 14.7 Å². The minimum atomic E-state index is -0.408. The minimum absolute atomic E-state index is 0.157. The Hall–Kier alpha value is -3.60. The molecule has 33 heavy (non-hydrogen) atoms. The summed E-state index contributed by atoms with van der Waals surface area (Å²) in [6.45, 7) is 5.67. The van der Waals surface area contributed by atoms with Crippen LogP contribution in [-0.2, 0) is 21.4 Å². The second-order valence-corrected chi connectivity index (χ2v) is 8.09. The predicted octanol–water partition coefficient (Wildman–Crippen LogP) is 0.949. The molecule has 11 heteroatoms. The number of carbonyl (C=O) groups is 3. The lowest BCUT2D eigenvalue weighted by Gasteiger charge is -2.55. The third-order valence-corrected chi connectivity index (χ3v) is 6.43. The summed E-state index contributed by atoms with van der Waals surface area (Å²) in [7, 11) is 3.79. The molecule has 3 atom stereocenters. The van der Waals surface area contributed by atoms with Crippen molar-refractivity contribution in [1.29, 1.82) is 0 Å². The molecule has 2 bridgehead atoms. The van der Waals surface area contributed by atoms with Gasteiger partial charge in [-0.1, -0.05) is 0 Å². The zero-order valence-electron chi connectivity index (χ0n) is 19.1. The zero-order valence-corrected chi connectivity index (χ0v) is 19.1. The molecule has 0 radical (unpaired) electrons. The number of carbonyl (C=O) groups excluding carboxylic acids is 3. The van der Waals surface area contributed by atoms with Crippen LogP contribution < -0.4 is 5.32 Å². The third-order valence-electron chi connectivity index (χ3n) is 6.43. The SMILES string of the molecule is C=O.C=O.CNc1c(C)c(C2C[C@@H]3C[C@H](C2)N3C(=O)CO)nc2c(-c3cnn(C)c3)cnn12. The summed E-state index contributed by atoms with van der Waals surface area (Å²) < 4.78 is 3.63. The number of anilines is 1. The molecule has 1 amide bonds. The van der Waals surface area contributed by atoms with Crippen molar-refractivity contribution in [3.8, 4) is 11.1 Å². The molecule has 2 saturated heterocycles. The fourth-order valence-corrected chi connectivity index (χ4v) is 5.13. The Labute approximate surface area is 191 Å². The first-order chi connectivity index (χ1) is 16.0. The monoisotopic (exact) mass is 455 g/mol. The van der Waals surface area contributed by atoms with Crippen LogP contribution in [0.4, 0.5) is 5.82 Å². The first kappa shape index (κ1) is 24.1. The standard InChI is InChI=1S/C20H25N7O2.2CH2O/c1-11-18(12-4-14-6-15(5-12)26(14)17(29)10-28)24-20-16(13-7-22-25(3)9-13)8-23-27(20)19(11)21-2;2*1-2/h7-9,12,14-15,21,28H,4-6,10H2,1-3H3;2*1H2/t12?,14-,15+;;. The number of amides is 1. The van der Waals surface area contributed by atoms with Crippen LogP contribution in [0.1, 0.15) is 36.4 Å². The van der Waals surface area contributed by atoms with Crippen molar-refractivity contribution in [3.05, 3.63) is 29.8 Å². The fraction of sp³-hybridized carbons (Fsp3) is 0.455. The van der Waals surface area contributed by atoms with E-state index in [4.69, 9.17) is 14.6 Å². The summed E-state index contributed by atoms with van der Waals surface area (Å²) in [6.07, 6.45) is 8.41. The number of nitrogens with zero attached hydrogens (tertiary/aromatic N) is 6. The molecule has 1 saturated carbocycles. The number of hydrogen-bond acceptors (Lipinski definition) is 8. The van der Waals surface area contributed by atoms with Crippen molar-refractivity contribution in [2.75, 3.05) is 19.0 Å². The van der Waals surface area contributed by atoms with Gasteiger partial charge in [0.1, 0.15) is 26.0 Å². The molecule has 0 spiro atoms. The average molecular weight is 456 g/mol. The first-order valence-electron chi connectivity index (χ1n) is 10.6. The predicted molar refractivity (Wildman–Crippen MR) is 122 cm³/mol. The van der Waals surface area contributed by atoms with Crippen LogP contribution >= 0.6 is 0 Å². The lowest BCUT2D eigenvalue weighted by molar-refractivity contribution is -0.153. The molecule has 6 rings (SSSR count). The maximum atomic E-state index is 12.0. The van der Waals surface area contributed by atoms with Gasteiger partial charge in [0.25, 0.3) is 0 Å². The quantitative estimate of drug-likeness (QED) is 0.594. The van der Waals surface area contributed by atoms with Crippen LogP contribution in [-0.4, -0.2) is 79.6 Å². The van der Waals surface area contributed by atoms with Gasteiger partial charge in [-0.3, -0.25) is 9.48 Å². The normalized spacial score (nSPS) is 20.7. The first-order valence-corrected chi connectivity index (χ1v) is 10.6. The van der Waals surface area contributed by atoms with E-state index in [-0.39, 0.29) is 23.9 Å². The molecule has 0 aromatic carbocycles. The summed E-state index contributed by atoms with van der Waals surface area (Å²) in [4.78, 5) is 34.9. The smallest absolute Gasteiger partial charge is 0.248 e. The van der Waals surface area contributed by atoms with Crippen molar-refractivity contribution in [1.82, 2.24) is 29.3 Å². The molecule has 3 aromatic heterocycles. The van der Waals surface area contributed by atoms with Gasteiger partial charge in [-0.05, 0) is 26.2 Å². The average Bonchev–Trinajstić information content (AvgIpc) is 3.47. The van der Waals surface area contributed by atoms with E-state index >= 15 is 0 Å². The highest BCUT2D eigenvalue weighted by Crippen LogP contribution is 2.46. The lowest BCUT2D eigenvalue weighted by atomic mass is 9.71. The van der Waals surface area contributed by atoms with Crippen molar-refractivity contribution < 1.29 is 19.5 Å². The van der Waals surface area contributed by atoms with Crippen molar-refractivity contribution in [3.63, 3.8) is 0 Å². The number of fused-ring (bicyclic) bond motifs is 3. The van der Waals surface area contributed by atoms with E-state index in [1.165, 1.54) is 0 Å². The van der Waals surface area contributed by atoms with Gasteiger partial charge in [0.15, 0.2) is 5.65 Å². The van der Waals surface area contributed by atoms with Gasteiger partial charge in [-0.25, -0.2) is 4.98 Å². The number of hydrogen-bond donors (Lipinski definition) is 2. The highest BCUT2D eigenvalue weighted by Gasteiger charge is 2.48. The number of aromatic nitrogens is 5. The van der Waals surface area contributed by atoms with E-state index in [0.717, 1.165) is 53.1 Å². The number of piperidine rings is 1. The van der Waals surface area contributed by atoms with Crippen molar-refractivity contribution in [2.45, 2.75) is 44.2 Å². The Kier molecular flexibility index (Phi) is 7.22. The summed E-state index contributed by atoms with van der Waals surface area (Å²) in [5, 5.41) is 21.4. The Balaban J connectivity index is 0.000000728. The number of aliphatic hydroxyl groups is 1. The summed E-state index contributed by atoms with van der Waals surface area (Å²) in [5.41, 5.74) is 4.91. The topological polar surface area (TPSA) is 135 Å². The largest absolute Gasteiger partial charge is 0.387 e. The summed E-state index contributed by atoms with van der Waals surface area (Å²) in [5.74, 6) is 1.06. The molecule has 1 aliphatic carbocycles. The van der Waals surface area contributed by atoms with E-state index < -0.39 is 6.61 Å². The van der Waals surface area contributed by atoms with Crippen LogP contribution in [0.5, 0.6) is 0 Å². The number of aryl methyl sites for hydroxylation is 1. The third kappa shape index (κ3) is 3.99. The second-order valence-electron chi connectivity index (χ2n) is 8.09. The Bertz CT molecular complexity index is 1130. The van der Waals surface area contributed by atoms with E-state index in [1.54, 1.807) is 4.68 Å². The van der Waals surface area contributed by atoms with Crippen LogP contribution in [0.2, 0.25) is 0 Å². The van der Waals surface area contributed by atoms with Gasteiger partial charge < -0.3 is 24.9 Å². The molecule has 5 heterocycles. The zero-order chi connectivity index (χ0) is 24.3. The van der Waals surface area contributed by atoms with Gasteiger partial charge in [0.05, 0.1) is 18.1 Å². The summed E-state index contributed by atoms with van der Waals surface area (Å²) in [6, 6.07) is 0.410. The minimum Gasteiger partial charge on any atom is -0.387 e. The number of rotatable bonds is 4. The van der Waals surface area contributed by atoms with E-state index in [2.05, 4.69) is 22.4 Å². The lowest BCUT2D eigenvalue weighted by Crippen LogP contribution is -2.63. The van der Waals surface area contributed by atoms with Crippen LogP contribution in [0.15, 0.2) is 18.6 Å². The molecule has 2 N–H and O–H groups in total. The van der Waals surface area contributed by atoms with Gasteiger partial charge in [0, 0.05) is 55.0 Å². The number of nitrogens with one attached hydrogen (secondary N) is 1. The maximum absolute atomic E-state index is 12.0. The van der Waals surface area contributed by atoms with Gasteiger partial charge in [0.2, 0.25) is 5.91 Å². The Morgan fingerprint density at radius 2 is 1.82 bits per heavy atom. The molecule has 2 aliphatic heterocycles. The van der Waals surface area contributed by atoms with Crippen LogP contribution in [0.25, 0.3) is 16.8 Å². The Morgan fingerprint density at radius 3 is 2.36 bits per heavy atom.